The van der Waals surface area contributed by atoms with Crippen molar-refractivity contribution in [3.63, 3.8) is 0 Å². The molecule has 1 fully saturated rings. The summed E-state index contributed by atoms with van der Waals surface area (Å²) < 4.78 is 1.54. The minimum atomic E-state index is -0.147. The molecule has 1 aliphatic carbocycles. The highest BCUT2D eigenvalue weighted by Crippen LogP contribution is 2.23. The summed E-state index contributed by atoms with van der Waals surface area (Å²) in [6.07, 6.45) is 6.52. The fourth-order valence-electron chi connectivity index (χ4n) is 3.64. The van der Waals surface area contributed by atoms with Gasteiger partial charge >= 0.3 is 6.03 Å². The Kier molecular flexibility index (Phi) is 4.29. The number of thiazole rings is 1. The number of anilines is 1. The maximum atomic E-state index is 12.6. The molecule has 2 aliphatic rings. The maximum absolute atomic E-state index is 12.6. The van der Waals surface area contributed by atoms with Gasteiger partial charge in [0.05, 0.1) is 18.3 Å². The summed E-state index contributed by atoms with van der Waals surface area (Å²) in [7, 11) is 0. The number of rotatable bonds is 3. The van der Waals surface area contributed by atoms with E-state index in [9.17, 15) is 9.59 Å². The summed E-state index contributed by atoms with van der Waals surface area (Å²) in [6.45, 7) is 3.11. The number of fused-ring (bicyclic) bond motifs is 1. The van der Waals surface area contributed by atoms with Crippen LogP contribution in [0.2, 0.25) is 0 Å². The van der Waals surface area contributed by atoms with Gasteiger partial charge in [-0.3, -0.25) is 10.1 Å². The SMILES string of the molecule is Cc1cnc(NC(=O)N2CCCC2Cn2nc3c(cc2=O)CCC3)s1. The van der Waals surface area contributed by atoms with E-state index in [2.05, 4.69) is 15.4 Å². The molecule has 132 valence electrons. The smallest absolute Gasteiger partial charge is 0.320 e. The van der Waals surface area contributed by atoms with E-state index in [4.69, 9.17) is 0 Å². The first-order valence-electron chi connectivity index (χ1n) is 8.70. The Morgan fingerprint density at radius 1 is 1.40 bits per heavy atom. The molecule has 1 aliphatic heterocycles. The third kappa shape index (κ3) is 3.30. The number of carbonyl (C=O) groups excluding carboxylic acids is 1. The first-order chi connectivity index (χ1) is 12.1. The number of urea groups is 1. The van der Waals surface area contributed by atoms with Crippen LogP contribution in [0.4, 0.5) is 9.93 Å². The van der Waals surface area contributed by atoms with Crippen LogP contribution in [0.3, 0.4) is 0 Å². The number of nitrogens with zero attached hydrogens (tertiary/aromatic N) is 4. The molecule has 1 N–H and O–H groups in total. The van der Waals surface area contributed by atoms with E-state index in [1.54, 1.807) is 17.2 Å². The second-order valence-electron chi connectivity index (χ2n) is 6.69. The van der Waals surface area contributed by atoms with Crippen LogP contribution < -0.4 is 10.9 Å². The molecule has 0 saturated carbocycles. The van der Waals surface area contributed by atoms with Gasteiger partial charge in [-0.25, -0.2) is 14.5 Å². The van der Waals surface area contributed by atoms with Crippen molar-refractivity contribution in [2.75, 3.05) is 11.9 Å². The maximum Gasteiger partial charge on any atom is 0.323 e. The van der Waals surface area contributed by atoms with Crippen LogP contribution in [0.15, 0.2) is 17.1 Å². The van der Waals surface area contributed by atoms with Crippen molar-refractivity contribution in [1.82, 2.24) is 19.7 Å². The number of nitrogens with one attached hydrogen (secondary N) is 1. The lowest BCUT2D eigenvalue weighted by molar-refractivity contribution is 0.198. The van der Waals surface area contributed by atoms with Crippen LogP contribution in [0.5, 0.6) is 0 Å². The van der Waals surface area contributed by atoms with Crippen molar-refractivity contribution >= 4 is 22.5 Å². The molecule has 0 bridgehead atoms. The monoisotopic (exact) mass is 359 g/mol. The lowest BCUT2D eigenvalue weighted by atomic mass is 10.2. The third-order valence-electron chi connectivity index (χ3n) is 4.88. The highest BCUT2D eigenvalue weighted by molar-refractivity contribution is 7.15. The van der Waals surface area contributed by atoms with E-state index >= 15 is 0 Å². The van der Waals surface area contributed by atoms with Crippen molar-refractivity contribution in [3.05, 3.63) is 38.8 Å². The van der Waals surface area contributed by atoms with Crippen molar-refractivity contribution in [1.29, 1.82) is 0 Å². The molecule has 4 rings (SSSR count). The summed E-state index contributed by atoms with van der Waals surface area (Å²) in [5, 5.41) is 8.01. The number of amides is 2. The largest absolute Gasteiger partial charge is 0.323 e. The van der Waals surface area contributed by atoms with E-state index < -0.39 is 0 Å². The van der Waals surface area contributed by atoms with Crippen LogP contribution in [0.1, 0.15) is 35.4 Å². The third-order valence-corrected chi connectivity index (χ3v) is 5.71. The summed E-state index contributed by atoms with van der Waals surface area (Å²) in [6, 6.07) is 1.56. The van der Waals surface area contributed by atoms with Crippen LogP contribution in [-0.2, 0) is 19.4 Å². The summed E-state index contributed by atoms with van der Waals surface area (Å²) >= 11 is 1.46. The molecule has 7 nitrogen and oxygen atoms in total. The predicted molar refractivity (Wildman–Crippen MR) is 96.1 cm³/mol. The van der Waals surface area contributed by atoms with Gasteiger partial charge in [0.2, 0.25) is 0 Å². The standard InChI is InChI=1S/C17H21N5O2S/c1-11-9-18-16(25-11)19-17(24)21-7-3-5-13(21)10-22-15(23)8-12-4-2-6-14(12)20-22/h8-9,13H,2-7,10H2,1H3,(H,18,19,24). The molecule has 1 atom stereocenters. The molecule has 2 amide bonds. The van der Waals surface area contributed by atoms with Crippen molar-refractivity contribution in [3.8, 4) is 0 Å². The second kappa shape index (κ2) is 6.59. The molecule has 1 saturated heterocycles. The summed E-state index contributed by atoms with van der Waals surface area (Å²) in [5.41, 5.74) is 2.05. The number of aryl methyl sites for hydroxylation is 3. The van der Waals surface area contributed by atoms with Gasteiger partial charge in [-0.05, 0) is 44.6 Å². The number of likely N-dealkylation sites (tertiary alicyclic amines) is 1. The minimum Gasteiger partial charge on any atom is -0.320 e. The molecular weight excluding hydrogens is 338 g/mol. The Hall–Kier alpha value is -2.22. The van der Waals surface area contributed by atoms with Crippen molar-refractivity contribution in [2.24, 2.45) is 0 Å². The Labute approximate surface area is 149 Å². The number of carbonyl (C=O) groups is 1. The molecular formula is C17H21N5O2S. The van der Waals surface area contributed by atoms with E-state index in [1.165, 1.54) is 16.0 Å². The first kappa shape index (κ1) is 16.3. The van der Waals surface area contributed by atoms with Gasteiger partial charge in [-0.2, -0.15) is 5.10 Å². The van der Waals surface area contributed by atoms with Crippen molar-refractivity contribution in [2.45, 2.75) is 51.6 Å². The van der Waals surface area contributed by atoms with Gasteiger partial charge in [0.1, 0.15) is 0 Å². The normalized spacial score (nSPS) is 19.2. The average Bonchev–Trinajstić information content (AvgIpc) is 3.29. The first-order valence-corrected chi connectivity index (χ1v) is 9.52. The fourth-order valence-corrected chi connectivity index (χ4v) is 4.29. The second-order valence-corrected chi connectivity index (χ2v) is 7.92. The molecule has 3 heterocycles. The highest BCUT2D eigenvalue weighted by atomic mass is 32.1. The lowest BCUT2D eigenvalue weighted by Crippen LogP contribution is -2.42. The molecule has 2 aromatic heterocycles. The minimum absolute atomic E-state index is 0.00860. The Bertz CT molecular complexity index is 859. The zero-order valence-electron chi connectivity index (χ0n) is 14.2. The molecule has 2 aromatic rings. The Balaban J connectivity index is 1.48. The lowest BCUT2D eigenvalue weighted by Gasteiger charge is -2.24. The van der Waals surface area contributed by atoms with Gasteiger partial charge < -0.3 is 4.90 Å². The van der Waals surface area contributed by atoms with E-state index in [-0.39, 0.29) is 17.6 Å². The zero-order valence-corrected chi connectivity index (χ0v) is 15.0. The van der Waals surface area contributed by atoms with Gasteiger partial charge in [-0.1, -0.05) is 0 Å². The van der Waals surface area contributed by atoms with Gasteiger partial charge in [0.25, 0.3) is 5.56 Å². The number of hydrogen-bond acceptors (Lipinski definition) is 5. The molecule has 0 radical (unpaired) electrons. The summed E-state index contributed by atoms with van der Waals surface area (Å²) in [5.74, 6) is 0. The average molecular weight is 359 g/mol. The molecule has 1 unspecified atom stereocenters. The van der Waals surface area contributed by atoms with Crippen LogP contribution in [0.25, 0.3) is 0 Å². The van der Waals surface area contributed by atoms with Crippen LogP contribution in [-0.4, -0.2) is 38.3 Å². The van der Waals surface area contributed by atoms with Gasteiger partial charge in [0.15, 0.2) is 5.13 Å². The number of aromatic nitrogens is 3. The quantitative estimate of drug-likeness (QED) is 0.911. The van der Waals surface area contributed by atoms with Gasteiger partial charge in [0, 0.05) is 23.7 Å². The zero-order chi connectivity index (χ0) is 17.4. The van der Waals surface area contributed by atoms with E-state index in [0.717, 1.165) is 48.2 Å². The van der Waals surface area contributed by atoms with Gasteiger partial charge in [-0.15, -0.1) is 11.3 Å². The molecule has 25 heavy (non-hydrogen) atoms. The topological polar surface area (TPSA) is 80.1 Å². The predicted octanol–water partition coefficient (Wildman–Crippen LogP) is 2.19. The van der Waals surface area contributed by atoms with E-state index in [0.29, 0.717) is 18.2 Å². The Morgan fingerprint density at radius 2 is 2.28 bits per heavy atom. The molecule has 8 heteroatoms. The van der Waals surface area contributed by atoms with E-state index in [1.807, 2.05) is 6.92 Å². The molecule has 0 aromatic carbocycles. The number of hydrogen-bond donors (Lipinski definition) is 1. The van der Waals surface area contributed by atoms with Crippen LogP contribution in [0, 0.1) is 6.92 Å². The van der Waals surface area contributed by atoms with Crippen LogP contribution >= 0.6 is 11.3 Å². The molecule has 0 spiro atoms. The Morgan fingerprint density at radius 3 is 3.08 bits per heavy atom. The van der Waals surface area contributed by atoms with Crippen molar-refractivity contribution < 1.29 is 4.79 Å². The summed E-state index contributed by atoms with van der Waals surface area (Å²) in [4.78, 5) is 31.9. The fraction of sp³-hybridized carbons (Fsp3) is 0.529. The highest BCUT2D eigenvalue weighted by Gasteiger charge is 2.30.